The summed E-state index contributed by atoms with van der Waals surface area (Å²) in [4.78, 5) is 20.7. The maximum absolute atomic E-state index is 10.6. The van der Waals surface area contributed by atoms with E-state index in [9.17, 15) is 9.59 Å². The summed E-state index contributed by atoms with van der Waals surface area (Å²) in [6, 6.07) is 0. The van der Waals surface area contributed by atoms with E-state index >= 15 is 0 Å². The fourth-order valence-electron chi connectivity index (χ4n) is 0.462. The molecule has 0 amide bonds. The second kappa shape index (κ2) is 4.49. The average molecular weight is 158 g/mol. The van der Waals surface area contributed by atoms with Gasteiger partial charge in [0.1, 0.15) is 0 Å². The van der Waals surface area contributed by atoms with Gasteiger partial charge in [-0.2, -0.15) is 0 Å². The summed E-state index contributed by atoms with van der Waals surface area (Å²) in [5, 5.41) is 8.29. The fraction of sp³-hybridized carbons (Fsp3) is 0.429. The van der Waals surface area contributed by atoms with Crippen molar-refractivity contribution in [1.82, 2.24) is 0 Å². The summed E-state index contributed by atoms with van der Waals surface area (Å²) >= 11 is 0. The maximum atomic E-state index is 10.6. The number of carboxylic acid groups (broad SMARTS) is 1. The maximum Gasteiger partial charge on any atom is 0.331 e. The van der Waals surface area contributed by atoms with Crippen molar-refractivity contribution in [2.24, 2.45) is 0 Å². The fourth-order valence-corrected chi connectivity index (χ4v) is 0.462. The van der Waals surface area contributed by atoms with E-state index in [-0.39, 0.29) is 18.6 Å². The van der Waals surface area contributed by atoms with Gasteiger partial charge in [-0.1, -0.05) is 6.58 Å². The molecular weight excluding hydrogens is 148 g/mol. The van der Waals surface area contributed by atoms with Crippen LogP contribution in [0.2, 0.25) is 0 Å². The molecule has 4 nitrogen and oxygen atoms in total. The van der Waals surface area contributed by atoms with E-state index in [1.807, 2.05) is 0 Å². The number of rotatable bonds is 4. The van der Waals surface area contributed by atoms with Crippen molar-refractivity contribution in [2.75, 3.05) is 6.61 Å². The molecule has 0 radical (unpaired) electrons. The molecule has 0 bridgehead atoms. The predicted octanol–water partition coefficient (Wildman–Crippen LogP) is 0.580. The predicted molar refractivity (Wildman–Crippen MR) is 38.0 cm³/mol. The third-order valence-electron chi connectivity index (χ3n) is 0.966. The molecule has 0 fully saturated rings. The Morgan fingerprint density at radius 1 is 1.55 bits per heavy atom. The van der Waals surface area contributed by atoms with Crippen molar-refractivity contribution in [1.29, 1.82) is 0 Å². The quantitative estimate of drug-likeness (QED) is 0.480. The van der Waals surface area contributed by atoms with E-state index in [1.165, 1.54) is 0 Å². The Bertz CT molecular complexity index is 183. The van der Waals surface area contributed by atoms with Crippen LogP contribution in [0.5, 0.6) is 0 Å². The first-order chi connectivity index (χ1) is 5.07. The van der Waals surface area contributed by atoms with E-state index in [0.717, 1.165) is 0 Å². The zero-order chi connectivity index (χ0) is 8.85. The van der Waals surface area contributed by atoms with Gasteiger partial charge < -0.3 is 9.84 Å². The molecule has 0 aliphatic carbocycles. The lowest BCUT2D eigenvalue weighted by Gasteiger charge is -1.99. The topological polar surface area (TPSA) is 63.6 Å². The van der Waals surface area contributed by atoms with Gasteiger partial charge in [-0.25, -0.2) is 4.79 Å². The largest absolute Gasteiger partial charge is 0.478 e. The molecule has 0 spiro atoms. The molecule has 62 valence electrons. The highest BCUT2D eigenvalue weighted by Crippen LogP contribution is 1.99. The lowest BCUT2D eigenvalue weighted by atomic mass is 10.2. The van der Waals surface area contributed by atoms with E-state index in [1.54, 1.807) is 6.92 Å². The van der Waals surface area contributed by atoms with Crippen LogP contribution in [-0.4, -0.2) is 23.7 Å². The van der Waals surface area contributed by atoms with Gasteiger partial charge in [0.25, 0.3) is 0 Å². The Balaban J connectivity index is 3.76. The number of hydrogen-bond donors (Lipinski definition) is 1. The van der Waals surface area contributed by atoms with Gasteiger partial charge in [0.05, 0.1) is 13.0 Å². The van der Waals surface area contributed by atoms with Crippen LogP contribution in [0.3, 0.4) is 0 Å². The number of hydrogen-bond acceptors (Lipinski definition) is 3. The standard InChI is InChI=1S/C7H10O4/c1-3-11-6(8)4-5(2)7(9)10/h2-4H2,1H3,(H,9,10). The number of aliphatic carboxylic acids is 1. The zero-order valence-corrected chi connectivity index (χ0v) is 6.29. The van der Waals surface area contributed by atoms with E-state index < -0.39 is 11.9 Å². The lowest BCUT2D eigenvalue weighted by molar-refractivity contribution is -0.144. The minimum absolute atomic E-state index is 0.150. The second-order valence-electron chi connectivity index (χ2n) is 1.89. The van der Waals surface area contributed by atoms with Gasteiger partial charge in [-0.05, 0) is 6.92 Å². The first kappa shape index (κ1) is 9.68. The van der Waals surface area contributed by atoms with Gasteiger partial charge in [0.2, 0.25) is 0 Å². The molecule has 0 unspecified atom stereocenters. The van der Waals surface area contributed by atoms with E-state index in [4.69, 9.17) is 5.11 Å². The third-order valence-corrected chi connectivity index (χ3v) is 0.966. The molecule has 0 saturated carbocycles. The number of esters is 1. The lowest BCUT2D eigenvalue weighted by Crippen LogP contribution is -2.09. The molecule has 0 rings (SSSR count). The van der Waals surface area contributed by atoms with Crippen molar-refractivity contribution >= 4 is 11.9 Å². The summed E-state index contributed by atoms with van der Waals surface area (Å²) in [6.07, 6.45) is -0.247. The Kier molecular flexibility index (Phi) is 3.95. The SMILES string of the molecule is C=C(CC(=O)OCC)C(=O)O. The van der Waals surface area contributed by atoms with Gasteiger partial charge in [0.15, 0.2) is 0 Å². The summed E-state index contributed by atoms with van der Waals surface area (Å²) in [5.74, 6) is -1.72. The van der Waals surface area contributed by atoms with Crippen molar-refractivity contribution in [3.63, 3.8) is 0 Å². The van der Waals surface area contributed by atoms with E-state index in [0.29, 0.717) is 0 Å². The summed E-state index contributed by atoms with van der Waals surface area (Å²) in [6.45, 7) is 5.09. The molecule has 0 aliphatic rings. The zero-order valence-electron chi connectivity index (χ0n) is 6.29. The molecular formula is C7H10O4. The van der Waals surface area contributed by atoms with Crippen LogP contribution in [-0.2, 0) is 14.3 Å². The number of carboxylic acids is 1. The van der Waals surface area contributed by atoms with Gasteiger partial charge in [0, 0.05) is 5.57 Å². The molecule has 0 saturated heterocycles. The number of carbonyl (C=O) groups is 2. The van der Waals surface area contributed by atoms with Crippen molar-refractivity contribution < 1.29 is 19.4 Å². The van der Waals surface area contributed by atoms with Crippen molar-refractivity contribution in [3.8, 4) is 0 Å². The van der Waals surface area contributed by atoms with Gasteiger partial charge in [-0.15, -0.1) is 0 Å². The molecule has 0 aromatic heterocycles. The number of carbonyl (C=O) groups excluding carboxylic acids is 1. The van der Waals surface area contributed by atoms with Crippen LogP contribution in [0.25, 0.3) is 0 Å². The molecule has 11 heavy (non-hydrogen) atoms. The monoisotopic (exact) mass is 158 g/mol. The molecule has 0 atom stereocenters. The minimum atomic E-state index is -1.17. The molecule has 0 aliphatic heterocycles. The molecule has 0 aromatic rings. The van der Waals surface area contributed by atoms with Crippen molar-refractivity contribution in [2.45, 2.75) is 13.3 Å². The van der Waals surface area contributed by atoms with Gasteiger partial charge in [-0.3, -0.25) is 4.79 Å². The highest BCUT2D eigenvalue weighted by Gasteiger charge is 2.09. The van der Waals surface area contributed by atoms with Crippen LogP contribution < -0.4 is 0 Å². The summed E-state index contributed by atoms with van der Waals surface area (Å²) in [7, 11) is 0. The first-order valence-electron chi connectivity index (χ1n) is 3.14. The van der Waals surface area contributed by atoms with Gasteiger partial charge >= 0.3 is 11.9 Å². The highest BCUT2D eigenvalue weighted by atomic mass is 16.5. The Morgan fingerprint density at radius 3 is 2.45 bits per heavy atom. The minimum Gasteiger partial charge on any atom is -0.478 e. The first-order valence-corrected chi connectivity index (χ1v) is 3.14. The van der Waals surface area contributed by atoms with Crippen LogP contribution >= 0.6 is 0 Å². The van der Waals surface area contributed by atoms with E-state index in [2.05, 4.69) is 11.3 Å². The summed E-state index contributed by atoms with van der Waals surface area (Å²) < 4.78 is 4.50. The van der Waals surface area contributed by atoms with Crippen molar-refractivity contribution in [3.05, 3.63) is 12.2 Å². The Labute approximate surface area is 64.5 Å². The number of ether oxygens (including phenoxy) is 1. The van der Waals surface area contributed by atoms with Crippen LogP contribution in [0, 0.1) is 0 Å². The van der Waals surface area contributed by atoms with Crippen LogP contribution in [0.4, 0.5) is 0 Å². The highest BCUT2D eigenvalue weighted by molar-refractivity contribution is 5.91. The molecule has 0 heterocycles. The normalized spacial score (nSPS) is 8.82. The molecule has 0 aromatic carbocycles. The third kappa shape index (κ3) is 4.13. The Morgan fingerprint density at radius 2 is 2.09 bits per heavy atom. The van der Waals surface area contributed by atoms with Crippen LogP contribution in [0.1, 0.15) is 13.3 Å². The smallest absolute Gasteiger partial charge is 0.331 e. The molecule has 4 heteroatoms. The van der Waals surface area contributed by atoms with Crippen LogP contribution in [0.15, 0.2) is 12.2 Å². The average Bonchev–Trinajstić information content (AvgIpc) is 1.87. The summed E-state index contributed by atoms with van der Waals surface area (Å²) in [5.41, 5.74) is -0.150. The Hall–Kier alpha value is -1.32. The second-order valence-corrected chi connectivity index (χ2v) is 1.89. The molecule has 1 N–H and O–H groups in total.